The summed E-state index contributed by atoms with van der Waals surface area (Å²) in [6, 6.07) is 3.59. The molecule has 0 saturated carbocycles. The van der Waals surface area contributed by atoms with Gasteiger partial charge in [0.1, 0.15) is 0 Å². The van der Waals surface area contributed by atoms with Gasteiger partial charge in [-0.25, -0.2) is 0 Å². The summed E-state index contributed by atoms with van der Waals surface area (Å²) in [6.45, 7) is 3.98. The summed E-state index contributed by atoms with van der Waals surface area (Å²) >= 11 is 15.4. The highest BCUT2D eigenvalue weighted by molar-refractivity contribution is 9.10. The molecule has 100 valence electrons. The zero-order chi connectivity index (χ0) is 13.9. The number of ether oxygens (including phenoxy) is 1. The zero-order valence-corrected chi connectivity index (χ0v) is 13.4. The molecule has 6 heteroatoms. The smallest absolute Gasteiger partial charge is 0.313 e. The molecule has 0 aromatic heterocycles. The monoisotopic (exact) mass is 353 g/mol. The number of rotatable bonds is 4. The summed E-state index contributed by atoms with van der Waals surface area (Å²) in [5, 5.41) is 3.96. The standard InChI is InChI=1S/C12H14BrCl2NO2/c1-12(2,11(17)18-3)6-16-8-5-4-7(13)9(14)10(8)15/h4-5,16H,6H2,1-3H3. The number of carbonyl (C=O) groups excluding carboxylic acids is 1. The zero-order valence-electron chi connectivity index (χ0n) is 10.3. The number of nitrogens with one attached hydrogen (secondary N) is 1. The third-order valence-corrected chi connectivity index (χ3v) is 4.26. The molecule has 1 N–H and O–H groups in total. The maximum Gasteiger partial charge on any atom is 0.313 e. The van der Waals surface area contributed by atoms with E-state index in [0.717, 1.165) is 4.47 Å². The third kappa shape index (κ3) is 3.53. The molecular formula is C12H14BrCl2NO2. The molecule has 18 heavy (non-hydrogen) atoms. The molecule has 0 heterocycles. The quantitative estimate of drug-likeness (QED) is 0.644. The van der Waals surface area contributed by atoms with E-state index in [0.29, 0.717) is 22.3 Å². The van der Waals surface area contributed by atoms with Crippen LogP contribution in [-0.4, -0.2) is 19.6 Å². The van der Waals surface area contributed by atoms with Crippen LogP contribution < -0.4 is 5.32 Å². The topological polar surface area (TPSA) is 38.3 Å². The number of benzene rings is 1. The fourth-order valence-corrected chi connectivity index (χ4v) is 2.17. The summed E-state index contributed by atoms with van der Waals surface area (Å²) in [4.78, 5) is 11.5. The van der Waals surface area contributed by atoms with Crippen molar-refractivity contribution >= 4 is 50.8 Å². The van der Waals surface area contributed by atoms with Crippen LogP contribution in [0.5, 0.6) is 0 Å². The average Bonchev–Trinajstić information content (AvgIpc) is 2.34. The van der Waals surface area contributed by atoms with Crippen molar-refractivity contribution in [1.29, 1.82) is 0 Å². The van der Waals surface area contributed by atoms with Gasteiger partial charge < -0.3 is 10.1 Å². The van der Waals surface area contributed by atoms with Crippen LogP contribution in [0.1, 0.15) is 13.8 Å². The first-order valence-electron chi connectivity index (χ1n) is 5.25. The maximum absolute atomic E-state index is 11.5. The van der Waals surface area contributed by atoms with E-state index in [1.54, 1.807) is 26.0 Å². The highest BCUT2D eigenvalue weighted by atomic mass is 79.9. The molecule has 0 spiro atoms. The van der Waals surface area contributed by atoms with E-state index in [-0.39, 0.29) is 5.97 Å². The number of esters is 1. The second-order valence-electron chi connectivity index (χ2n) is 4.45. The van der Waals surface area contributed by atoms with E-state index in [2.05, 4.69) is 21.2 Å². The molecule has 1 aromatic rings. The summed E-state index contributed by atoms with van der Waals surface area (Å²) in [6.07, 6.45) is 0. The largest absolute Gasteiger partial charge is 0.469 e. The van der Waals surface area contributed by atoms with Gasteiger partial charge >= 0.3 is 5.97 Å². The Kier molecular flexibility index (Phi) is 5.32. The van der Waals surface area contributed by atoms with Crippen molar-refractivity contribution in [3.8, 4) is 0 Å². The third-order valence-electron chi connectivity index (χ3n) is 2.49. The van der Waals surface area contributed by atoms with Gasteiger partial charge in [0.2, 0.25) is 0 Å². The molecule has 3 nitrogen and oxygen atoms in total. The normalized spacial score (nSPS) is 11.2. The van der Waals surface area contributed by atoms with Gasteiger partial charge in [-0.2, -0.15) is 0 Å². The highest BCUT2D eigenvalue weighted by Gasteiger charge is 2.28. The Morgan fingerprint density at radius 2 is 2.00 bits per heavy atom. The average molecular weight is 355 g/mol. The SMILES string of the molecule is COC(=O)C(C)(C)CNc1ccc(Br)c(Cl)c1Cl. The summed E-state index contributed by atoms with van der Waals surface area (Å²) in [7, 11) is 1.37. The van der Waals surface area contributed by atoms with Crippen molar-refractivity contribution in [1.82, 2.24) is 0 Å². The summed E-state index contributed by atoms with van der Waals surface area (Å²) in [5.74, 6) is -0.283. The lowest BCUT2D eigenvalue weighted by atomic mass is 9.93. The van der Waals surface area contributed by atoms with E-state index >= 15 is 0 Å². The summed E-state index contributed by atoms with van der Waals surface area (Å²) < 4.78 is 5.46. The lowest BCUT2D eigenvalue weighted by Gasteiger charge is -2.23. The van der Waals surface area contributed by atoms with Gasteiger partial charge in [0.25, 0.3) is 0 Å². The molecule has 0 unspecified atom stereocenters. The summed E-state index contributed by atoms with van der Waals surface area (Å²) in [5.41, 5.74) is 0.0410. The number of hydrogen-bond donors (Lipinski definition) is 1. The Balaban J connectivity index is 2.82. The van der Waals surface area contributed by atoms with Crippen LogP contribution in [0.2, 0.25) is 10.0 Å². The minimum atomic E-state index is -0.641. The predicted octanol–water partition coefficient (Wildman–Crippen LogP) is 4.37. The maximum atomic E-state index is 11.5. The van der Waals surface area contributed by atoms with Gasteiger partial charge in [-0.3, -0.25) is 4.79 Å². The molecule has 0 atom stereocenters. The van der Waals surface area contributed by atoms with Crippen molar-refractivity contribution in [3.05, 3.63) is 26.7 Å². The van der Waals surface area contributed by atoms with Gasteiger partial charge in [0.05, 0.1) is 28.3 Å². The molecule has 0 bridgehead atoms. The first-order valence-corrected chi connectivity index (χ1v) is 6.80. The molecule has 0 saturated heterocycles. The lowest BCUT2D eigenvalue weighted by Crippen LogP contribution is -2.33. The molecule has 0 aliphatic heterocycles. The van der Waals surface area contributed by atoms with Crippen molar-refractivity contribution < 1.29 is 9.53 Å². The minimum Gasteiger partial charge on any atom is -0.469 e. The first kappa shape index (κ1) is 15.6. The van der Waals surface area contributed by atoms with Crippen LogP contribution in [0.3, 0.4) is 0 Å². The molecule has 0 aliphatic carbocycles. The van der Waals surface area contributed by atoms with Crippen LogP contribution >= 0.6 is 39.1 Å². The first-order chi connectivity index (χ1) is 8.29. The molecular weight excluding hydrogens is 341 g/mol. The van der Waals surface area contributed by atoms with E-state index < -0.39 is 5.41 Å². The van der Waals surface area contributed by atoms with Crippen molar-refractivity contribution in [3.63, 3.8) is 0 Å². The number of methoxy groups -OCH3 is 1. The Hall–Kier alpha value is -0.450. The molecule has 1 aromatic carbocycles. The van der Waals surface area contributed by atoms with Gasteiger partial charge in [0, 0.05) is 11.0 Å². The van der Waals surface area contributed by atoms with Crippen molar-refractivity contribution in [2.45, 2.75) is 13.8 Å². The predicted molar refractivity (Wildman–Crippen MR) is 78.4 cm³/mol. The van der Waals surface area contributed by atoms with Gasteiger partial charge in [-0.15, -0.1) is 0 Å². The van der Waals surface area contributed by atoms with Crippen molar-refractivity contribution in [2.75, 3.05) is 19.0 Å². The molecule has 0 aliphatic rings. The number of hydrogen-bond acceptors (Lipinski definition) is 3. The fraction of sp³-hybridized carbons (Fsp3) is 0.417. The van der Waals surface area contributed by atoms with E-state index in [1.807, 2.05) is 0 Å². The van der Waals surface area contributed by atoms with Crippen LogP contribution in [0.4, 0.5) is 5.69 Å². The fourth-order valence-electron chi connectivity index (χ4n) is 1.33. The minimum absolute atomic E-state index is 0.283. The van der Waals surface area contributed by atoms with Crippen LogP contribution in [0, 0.1) is 5.41 Å². The molecule has 0 fully saturated rings. The van der Waals surface area contributed by atoms with Gasteiger partial charge in [-0.1, -0.05) is 23.2 Å². The Morgan fingerprint density at radius 3 is 2.56 bits per heavy atom. The van der Waals surface area contributed by atoms with Crippen LogP contribution in [-0.2, 0) is 9.53 Å². The van der Waals surface area contributed by atoms with Crippen LogP contribution in [0.25, 0.3) is 0 Å². The van der Waals surface area contributed by atoms with Gasteiger partial charge in [-0.05, 0) is 41.9 Å². The molecule has 0 radical (unpaired) electrons. The van der Waals surface area contributed by atoms with Crippen molar-refractivity contribution in [2.24, 2.45) is 5.41 Å². The second-order valence-corrected chi connectivity index (χ2v) is 6.06. The van der Waals surface area contributed by atoms with E-state index in [9.17, 15) is 4.79 Å². The second kappa shape index (κ2) is 6.13. The van der Waals surface area contributed by atoms with E-state index in [4.69, 9.17) is 27.9 Å². The Labute approximate surface area is 125 Å². The Bertz CT molecular complexity index is 464. The number of carbonyl (C=O) groups is 1. The van der Waals surface area contributed by atoms with Crippen LogP contribution in [0.15, 0.2) is 16.6 Å². The Morgan fingerprint density at radius 1 is 1.39 bits per heavy atom. The number of anilines is 1. The molecule has 0 amide bonds. The highest BCUT2D eigenvalue weighted by Crippen LogP contribution is 2.36. The molecule has 1 rings (SSSR count). The lowest BCUT2D eigenvalue weighted by molar-refractivity contribution is -0.149. The number of halogens is 3. The van der Waals surface area contributed by atoms with E-state index in [1.165, 1.54) is 7.11 Å². The van der Waals surface area contributed by atoms with Gasteiger partial charge in [0.15, 0.2) is 0 Å².